The molecule has 9 heteroatoms. The zero-order valence-corrected chi connectivity index (χ0v) is 13.2. The van der Waals surface area contributed by atoms with Gasteiger partial charge in [0.2, 0.25) is 0 Å². The maximum atomic E-state index is 12.8. The smallest absolute Gasteiger partial charge is 0.337 e. The molecule has 2 rings (SSSR count). The molecule has 0 spiro atoms. The maximum Gasteiger partial charge on any atom is 0.337 e. The van der Waals surface area contributed by atoms with Crippen molar-refractivity contribution < 1.29 is 23.8 Å². The molecule has 0 aliphatic heterocycles. The summed E-state index contributed by atoms with van der Waals surface area (Å²) in [6, 6.07) is 9.08. The number of amides is 1. The molecule has 0 saturated heterocycles. The van der Waals surface area contributed by atoms with Crippen LogP contribution in [0.1, 0.15) is 20.7 Å². The Hall–Kier alpha value is -3.07. The maximum absolute atomic E-state index is 12.8. The van der Waals surface area contributed by atoms with E-state index in [1.807, 2.05) is 0 Å². The molecule has 1 atom stereocenters. The van der Waals surface area contributed by atoms with E-state index < -0.39 is 38.9 Å². The number of nitro groups is 1. The highest BCUT2D eigenvalue weighted by atomic mass is 32.2. The summed E-state index contributed by atoms with van der Waals surface area (Å²) in [7, 11) is -0.585. The molecule has 2 aromatic rings. The molecule has 0 unspecified atom stereocenters. The molecule has 0 fully saturated rings. The van der Waals surface area contributed by atoms with Crippen LogP contribution >= 0.6 is 0 Å². The Kier molecular flexibility index (Phi) is 5.05. The lowest BCUT2D eigenvalue weighted by Crippen LogP contribution is -2.20. The number of hydrogen-bond donors (Lipinski definition) is 2. The summed E-state index contributed by atoms with van der Waals surface area (Å²) in [5.74, 6) is -1.92. The normalized spacial score (nSPS) is 11.5. The van der Waals surface area contributed by atoms with Crippen molar-refractivity contribution >= 4 is 28.4 Å². The number of hydrogen-bond acceptors (Lipinski definition) is 5. The molecule has 24 heavy (non-hydrogen) atoms. The predicted molar refractivity (Wildman–Crippen MR) is 84.6 cm³/mol. The van der Waals surface area contributed by atoms with Gasteiger partial charge in [-0.05, 0) is 18.2 Å². The van der Waals surface area contributed by atoms with E-state index in [0.717, 1.165) is 18.2 Å². The second-order valence-corrected chi connectivity index (χ2v) is 6.00. The van der Waals surface area contributed by atoms with Gasteiger partial charge in [-0.3, -0.25) is 14.9 Å². The van der Waals surface area contributed by atoms with E-state index >= 15 is 0 Å². The summed E-state index contributed by atoms with van der Waals surface area (Å²) in [4.78, 5) is 33.3. The first kappa shape index (κ1) is 17.3. The van der Waals surface area contributed by atoms with Crippen LogP contribution < -0.4 is 5.32 Å². The van der Waals surface area contributed by atoms with Crippen molar-refractivity contribution in [3.05, 3.63) is 63.7 Å². The number of carboxylic acids is 1. The Morgan fingerprint density at radius 2 is 1.75 bits per heavy atom. The number of rotatable bonds is 5. The zero-order valence-electron chi connectivity index (χ0n) is 12.4. The van der Waals surface area contributed by atoms with Crippen molar-refractivity contribution in [3.63, 3.8) is 0 Å². The Labute approximate surface area is 138 Å². The average molecular weight is 348 g/mol. The third kappa shape index (κ3) is 3.30. The van der Waals surface area contributed by atoms with Crippen molar-refractivity contribution in [2.45, 2.75) is 9.79 Å². The molecule has 2 aromatic carbocycles. The molecule has 124 valence electrons. The van der Waals surface area contributed by atoms with Crippen molar-refractivity contribution in [2.24, 2.45) is 0 Å². The van der Waals surface area contributed by atoms with Gasteiger partial charge in [0.05, 0.1) is 36.6 Å². The highest BCUT2D eigenvalue weighted by molar-refractivity contribution is 7.85. The SMILES string of the molecule is CNC(=O)c1ccccc1[S@](=O)c1ccc([N+](=O)[O-])cc1C(=O)O. The van der Waals surface area contributed by atoms with Gasteiger partial charge in [-0.25, -0.2) is 9.00 Å². The van der Waals surface area contributed by atoms with Crippen LogP contribution in [0.2, 0.25) is 0 Å². The predicted octanol–water partition coefficient (Wildman–Crippen LogP) is 1.82. The fourth-order valence-electron chi connectivity index (χ4n) is 2.03. The van der Waals surface area contributed by atoms with E-state index in [1.54, 1.807) is 12.1 Å². The fraction of sp³-hybridized carbons (Fsp3) is 0.0667. The van der Waals surface area contributed by atoms with Crippen LogP contribution in [0.25, 0.3) is 0 Å². The Morgan fingerprint density at radius 3 is 2.33 bits per heavy atom. The van der Waals surface area contributed by atoms with Gasteiger partial charge in [-0.1, -0.05) is 12.1 Å². The van der Waals surface area contributed by atoms with Crippen molar-refractivity contribution in [1.82, 2.24) is 5.32 Å². The molecule has 0 radical (unpaired) electrons. The lowest BCUT2D eigenvalue weighted by molar-refractivity contribution is -0.384. The number of carbonyl (C=O) groups excluding carboxylic acids is 1. The average Bonchev–Trinajstić information content (AvgIpc) is 2.59. The molecule has 2 N–H and O–H groups in total. The number of carboxylic acid groups (broad SMARTS) is 1. The minimum atomic E-state index is -2.00. The van der Waals surface area contributed by atoms with Crippen LogP contribution in [0, 0.1) is 10.1 Å². The Bertz CT molecular complexity index is 865. The van der Waals surface area contributed by atoms with Crippen LogP contribution in [-0.2, 0) is 10.8 Å². The van der Waals surface area contributed by atoms with Crippen LogP contribution in [0.3, 0.4) is 0 Å². The van der Waals surface area contributed by atoms with Crippen molar-refractivity contribution in [3.8, 4) is 0 Å². The molecule has 8 nitrogen and oxygen atoms in total. The summed E-state index contributed by atoms with van der Waals surface area (Å²) in [6.07, 6.45) is 0. The van der Waals surface area contributed by atoms with Crippen molar-refractivity contribution in [1.29, 1.82) is 0 Å². The quantitative estimate of drug-likeness (QED) is 0.627. The van der Waals surface area contributed by atoms with Crippen LogP contribution in [0.5, 0.6) is 0 Å². The molecule has 0 aliphatic carbocycles. The van der Waals surface area contributed by atoms with Gasteiger partial charge in [0.1, 0.15) is 0 Å². The molecular weight excluding hydrogens is 336 g/mol. The highest BCUT2D eigenvalue weighted by Crippen LogP contribution is 2.26. The van der Waals surface area contributed by atoms with E-state index in [4.69, 9.17) is 0 Å². The first-order chi connectivity index (χ1) is 11.4. The first-order valence-electron chi connectivity index (χ1n) is 6.61. The highest BCUT2D eigenvalue weighted by Gasteiger charge is 2.23. The summed E-state index contributed by atoms with van der Waals surface area (Å²) in [5.41, 5.74) is -0.741. The second kappa shape index (κ2) is 7.01. The van der Waals surface area contributed by atoms with Gasteiger partial charge in [0.15, 0.2) is 0 Å². The van der Waals surface area contributed by atoms with E-state index in [-0.39, 0.29) is 15.4 Å². The summed E-state index contributed by atoms with van der Waals surface area (Å²) >= 11 is 0. The van der Waals surface area contributed by atoms with Gasteiger partial charge < -0.3 is 10.4 Å². The number of benzene rings is 2. The molecule has 0 aromatic heterocycles. The topological polar surface area (TPSA) is 127 Å². The second-order valence-electron chi connectivity index (χ2n) is 4.59. The third-order valence-electron chi connectivity index (χ3n) is 3.16. The van der Waals surface area contributed by atoms with E-state index in [9.17, 15) is 29.0 Å². The molecule has 0 heterocycles. The fourth-order valence-corrected chi connectivity index (χ4v) is 3.37. The van der Waals surface area contributed by atoms with E-state index in [1.165, 1.54) is 19.2 Å². The molecule has 0 saturated carbocycles. The lowest BCUT2D eigenvalue weighted by atomic mass is 10.2. The Balaban J connectivity index is 2.61. The van der Waals surface area contributed by atoms with Gasteiger partial charge in [0.25, 0.3) is 11.6 Å². The first-order valence-corrected chi connectivity index (χ1v) is 7.76. The summed E-state index contributed by atoms with van der Waals surface area (Å²) < 4.78 is 12.8. The zero-order chi connectivity index (χ0) is 17.9. The summed E-state index contributed by atoms with van der Waals surface area (Å²) in [5, 5.41) is 22.5. The lowest BCUT2D eigenvalue weighted by Gasteiger charge is -2.10. The van der Waals surface area contributed by atoms with Crippen LogP contribution in [0.4, 0.5) is 5.69 Å². The van der Waals surface area contributed by atoms with Crippen LogP contribution in [-0.4, -0.2) is 33.2 Å². The van der Waals surface area contributed by atoms with Gasteiger partial charge >= 0.3 is 5.97 Å². The molecule has 1 amide bonds. The monoisotopic (exact) mass is 348 g/mol. The number of nitro benzene ring substituents is 1. The number of nitrogens with zero attached hydrogens (tertiary/aromatic N) is 1. The van der Waals surface area contributed by atoms with Gasteiger partial charge in [-0.15, -0.1) is 0 Å². The third-order valence-corrected chi connectivity index (χ3v) is 4.67. The number of carbonyl (C=O) groups is 2. The van der Waals surface area contributed by atoms with E-state index in [0.29, 0.717) is 0 Å². The molecule has 0 aliphatic rings. The van der Waals surface area contributed by atoms with Gasteiger partial charge in [0, 0.05) is 19.2 Å². The summed E-state index contributed by atoms with van der Waals surface area (Å²) in [6.45, 7) is 0. The van der Waals surface area contributed by atoms with Gasteiger partial charge in [-0.2, -0.15) is 0 Å². The van der Waals surface area contributed by atoms with E-state index in [2.05, 4.69) is 5.32 Å². The largest absolute Gasteiger partial charge is 0.478 e. The Morgan fingerprint density at radius 1 is 1.12 bits per heavy atom. The minimum Gasteiger partial charge on any atom is -0.478 e. The molecule has 0 bridgehead atoms. The standard InChI is InChI=1S/C15H12N2O6S/c1-16-14(18)10-4-2-3-5-12(10)24(23)13-7-6-9(17(21)22)8-11(13)15(19)20/h2-8H,1H3,(H,16,18)(H,19,20)/t24-/m0/s1. The number of non-ortho nitro benzene ring substituents is 1. The van der Waals surface area contributed by atoms with Crippen LogP contribution in [0.15, 0.2) is 52.3 Å². The van der Waals surface area contributed by atoms with Crippen molar-refractivity contribution in [2.75, 3.05) is 7.05 Å². The number of aromatic carboxylic acids is 1. The molecular formula is C15H12N2O6S. The minimum absolute atomic E-state index is 0.119. The number of nitrogens with one attached hydrogen (secondary N) is 1.